The van der Waals surface area contributed by atoms with Gasteiger partial charge in [0.2, 0.25) is 0 Å². The number of benzene rings is 4. The first-order valence-corrected chi connectivity index (χ1v) is 21.1. The second-order valence-electron chi connectivity index (χ2n) is 10.7. The Bertz CT molecular complexity index is 2650. The van der Waals surface area contributed by atoms with Crippen molar-refractivity contribution in [3.63, 3.8) is 0 Å². The number of thioether (sulfide) groups is 1. The van der Waals surface area contributed by atoms with Gasteiger partial charge in [-0.2, -0.15) is 21.9 Å². The molecule has 4 rings (SSSR count). The lowest BCUT2D eigenvalue weighted by molar-refractivity contribution is -0.432. The first-order chi connectivity index (χ1) is 27.3. The summed E-state index contributed by atoms with van der Waals surface area (Å²) in [7, 11) is -10.5. The number of aromatic hydroxyl groups is 1. The summed E-state index contributed by atoms with van der Waals surface area (Å²) in [6, 6.07) is 10.2. The van der Waals surface area contributed by atoms with Gasteiger partial charge in [-0.15, -0.1) is 24.6 Å². The maximum atomic E-state index is 13.1. The summed E-state index contributed by atoms with van der Waals surface area (Å²) < 4.78 is 110. The Morgan fingerprint density at radius 3 is 2.16 bits per heavy atom. The van der Waals surface area contributed by atoms with Crippen LogP contribution in [-0.2, 0) is 48.9 Å². The van der Waals surface area contributed by atoms with E-state index >= 15 is 0 Å². The predicted octanol–water partition coefficient (Wildman–Crippen LogP) is 5.80. The number of rotatable bonds is 18. The van der Waals surface area contributed by atoms with Gasteiger partial charge in [0.25, 0.3) is 10.1 Å². The maximum Gasteiger partial charge on any atom is 0.433 e. The number of fused-ring (bicyclic) bond motifs is 1. The number of nitrogens with two attached hydrogens (primary N) is 1. The average molecular weight is 906 g/mol. The fraction of sp³-hybridized carbons (Fsp3) is 0.172. The summed E-state index contributed by atoms with van der Waals surface area (Å²) in [6.45, 7) is -0.254. The molecule has 0 spiro atoms. The molecule has 0 aliphatic rings. The van der Waals surface area contributed by atoms with Crippen molar-refractivity contribution in [3.8, 4) is 28.6 Å². The molecule has 0 aromatic heterocycles. The van der Waals surface area contributed by atoms with Gasteiger partial charge in [0.05, 0.1) is 65.5 Å². The van der Waals surface area contributed by atoms with Crippen molar-refractivity contribution in [2.45, 2.75) is 19.6 Å². The van der Waals surface area contributed by atoms with Crippen molar-refractivity contribution in [2.24, 2.45) is 25.7 Å². The Hall–Kier alpha value is -5.39. The first kappa shape index (κ1) is 45.3. The first-order valence-electron chi connectivity index (χ1n) is 15.0. The van der Waals surface area contributed by atoms with Crippen LogP contribution in [0.1, 0.15) is 0 Å². The molecule has 0 saturated carbocycles. The van der Waals surface area contributed by atoms with Crippen LogP contribution in [0.5, 0.6) is 17.2 Å². The Morgan fingerprint density at radius 1 is 0.879 bits per heavy atom. The molecule has 0 saturated heterocycles. The molecule has 58 heavy (non-hydrogen) atoms. The van der Waals surface area contributed by atoms with Gasteiger partial charge in [-0.05, 0) is 57.9 Å². The number of nitrogen functional groups attached to an aromatic ring is 1. The lowest BCUT2D eigenvalue weighted by atomic mass is 10.1. The van der Waals surface area contributed by atoms with Crippen molar-refractivity contribution >= 4 is 93.4 Å². The average Bonchev–Trinajstić information content (AvgIpc) is 3.17. The Morgan fingerprint density at radius 2 is 1.55 bits per heavy atom. The Kier molecular flexibility index (Phi) is 15.1. The molecule has 0 amide bonds. The Balaban J connectivity index is 1.80. The fourth-order valence-electron chi connectivity index (χ4n) is 4.55. The minimum atomic E-state index is -5.17. The van der Waals surface area contributed by atoms with Crippen molar-refractivity contribution in [1.82, 2.24) is 5.01 Å². The van der Waals surface area contributed by atoms with E-state index in [1.54, 1.807) is 0 Å². The lowest BCUT2D eigenvalue weighted by Gasteiger charge is -2.15. The van der Waals surface area contributed by atoms with Gasteiger partial charge >= 0.3 is 10.4 Å². The molecule has 0 bridgehead atoms. The Labute approximate surface area is 336 Å². The number of sulfone groups is 1. The van der Waals surface area contributed by atoms with E-state index in [2.05, 4.69) is 49.6 Å². The molecule has 29 heteroatoms. The molecular weight excluding hydrogens is 879 g/mol. The number of ether oxygens (including phenoxy) is 2. The van der Waals surface area contributed by atoms with Crippen LogP contribution in [0, 0.1) is 16.3 Å². The lowest BCUT2D eigenvalue weighted by Crippen LogP contribution is -2.21. The zero-order chi connectivity index (χ0) is 42.8. The standard InChI is InChI=1S/C29H27N7O17S5/c1-36(35-38)8-11-56(40,41)23-15-20(48-2)19(14-21(23)49-3)32-34-28-24(57(42,43)44)13-16-12-22(55-52-51-39)27(26(30)25(16)29(28)37)33-31-17-4-6-18(7-5-17)54-10-9-50-53-58(45,46)47/h4-7,12-15,37,39H,8,11,30H2,1-3H3,(H,42,43,44)(H,45,46,47). The number of phenolic OH excluding ortho intramolecular Hbond substituents is 1. The molecule has 0 aliphatic heterocycles. The number of anilines is 1. The second-order valence-corrected chi connectivity index (χ2v) is 16.8. The summed E-state index contributed by atoms with van der Waals surface area (Å²) in [4.78, 5) is 13.9. The summed E-state index contributed by atoms with van der Waals surface area (Å²) in [5.41, 5.74) is 5.06. The highest BCUT2D eigenvalue weighted by Crippen LogP contribution is 2.50. The van der Waals surface area contributed by atoms with Crippen LogP contribution in [0.15, 0.2) is 93.9 Å². The highest BCUT2D eigenvalue weighted by Gasteiger charge is 2.27. The van der Waals surface area contributed by atoms with Crippen LogP contribution in [-0.4, -0.2) is 83.3 Å². The zero-order valence-corrected chi connectivity index (χ0v) is 33.5. The van der Waals surface area contributed by atoms with E-state index in [9.17, 15) is 39.8 Å². The molecule has 6 N–H and O–H groups in total. The normalized spacial score (nSPS) is 12.1. The molecule has 0 unspecified atom stereocenters. The van der Waals surface area contributed by atoms with E-state index in [1.807, 2.05) is 6.11 Å². The van der Waals surface area contributed by atoms with E-state index in [4.69, 9.17) is 25.0 Å². The molecule has 4 aromatic carbocycles. The van der Waals surface area contributed by atoms with Crippen molar-refractivity contribution in [3.05, 3.63) is 53.4 Å². The summed E-state index contributed by atoms with van der Waals surface area (Å²) >= 11 is 1.23. The second kappa shape index (κ2) is 19.4. The van der Waals surface area contributed by atoms with Gasteiger partial charge in [-0.25, -0.2) is 13.7 Å². The van der Waals surface area contributed by atoms with E-state index in [1.165, 1.54) is 44.5 Å². The number of methoxy groups -OCH3 is 2. The van der Waals surface area contributed by atoms with Gasteiger partial charge < -0.3 is 20.3 Å². The van der Waals surface area contributed by atoms with E-state index in [0.717, 1.165) is 42.1 Å². The monoisotopic (exact) mass is 905 g/mol. The van der Waals surface area contributed by atoms with E-state index < -0.39 is 52.4 Å². The molecule has 0 radical (unpaired) electrons. The third kappa shape index (κ3) is 11.6. The minimum Gasteiger partial charge on any atom is -0.505 e. The van der Waals surface area contributed by atoms with Crippen LogP contribution < -0.4 is 15.2 Å². The van der Waals surface area contributed by atoms with Crippen LogP contribution in [0.3, 0.4) is 0 Å². The van der Waals surface area contributed by atoms with Crippen LogP contribution >= 0.6 is 23.8 Å². The largest absolute Gasteiger partial charge is 0.505 e. The predicted molar refractivity (Wildman–Crippen MR) is 203 cm³/mol. The van der Waals surface area contributed by atoms with Gasteiger partial charge in [-0.3, -0.25) is 19.0 Å². The quantitative estimate of drug-likeness (QED) is 0.00906. The highest BCUT2D eigenvalue weighted by atomic mass is 32.3. The third-order valence-electron chi connectivity index (χ3n) is 7.10. The highest BCUT2D eigenvalue weighted by molar-refractivity contribution is 8.04. The minimum absolute atomic E-state index is 0.0478. The number of nitroso groups, excluding NO2 is 1. The van der Waals surface area contributed by atoms with Gasteiger partial charge in [0.1, 0.15) is 38.4 Å². The molecule has 0 fully saturated rings. The molecule has 24 nitrogen and oxygen atoms in total. The topological polar surface area (TPSA) is 347 Å². The zero-order valence-electron chi connectivity index (χ0n) is 29.4. The molecule has 0 heterocycles. The van der Waals surface area contributed by atoms with Crippen LogP contribution in [0.2, 0.25) is 0 Å². The summed E-state index contributed by atoms with van der Waals surface area (Å²) in [6.07, 6.45) is 1.89. The third-order valence-corrected chi connectivity index (χ3v) is 11.2. The van der Waals surface area contributed by atoms with Gasteiger partial charge in [-0.1, -0.05) is 5.04 Å². The number of hydrogen-bond donors (Lipinski definition) is 5. The van der Waals surface area contributed by atoms with Crippen molar-refractivity contribution in [2.75, 3.05) is 39.3 Å². The van der Waals surface area contributed by atoms with Gasteiger partial charge in [0, 0.05) is 29.3 Å². The SMILES string of the molecule is COc1cc(S(=O)(=O)CCN(C)N=O)c(OC)cc1N=Nc1c(S(=O)(=O)O)cc2cc(SOOO)c(N=Nc3ccc(SC#COOS(=O)(=O)O)cc3)c(N)c2c1O. The van der Waals surface area contributed by atoms with Crippen LogP contribution in [0.25, 0.3) is 10.8 Å². The molecule has 310 valence electrons. The van der Waals surface area contributed by atoms with Gasteiger partial charge in [0.15, 0.2) is 21.7 Å². The van der Waals surface area contributed by atoms with E-state index in [-0.39, 0.29) is 61.4 Å². The maximum absolute atomic E-state index is 13.1. The van der Waals surface area contributed by atoms with Crippen molar-refractivity contribution in [1.29, 1.82) is 0 Å². The number of nitrogens with zero attached hydrogens (tertiary/aromatic N) is 6. The van der Waals surface area contributed by atoms with Crippen LogP contribution in [0.4, 0.5) is 28.4 Å². The molecule has 0 atom stereocenters. The summed E-state index contributed by atoms with van der Waals surface area (Å²) in [5.74, 6) is -1.91. The number of azo groups is 2. The molecule has 0 aliphatic carbocycles. The number of hydrogen-bond acceptors (Lipinski definition) is 23. The van der Waals surface area contributed by atoms with E-state index in [0.29, 0.717) is 16.9 Å². The van der Waals surface area contributed by atoms with Crippen molar-refractivity contribution < 1.29 is 72.8 Å². The summed E-state index contributed by atoms with van der Waals surface area (Å²) in [5, 5.41) is 45.5. The number of phenols is 1. The fourth-order valence-corrected chi connectivity index (χ4v) is 7.76. The molecular formula is C29H27N7O17S5. The molecule has 4 aromatic rings. The smallest absolute Gasteiger partial charge is 0.433 e.